The lowest BCUT2D eigenvalue weighted by Gasteiger charge is -1.94. The third-order valence-electron chi connectivity index (χ3n) is 4.00. The first-order chi connectivity index (χ1) is 11.5. The Kier molecular flexibility index (Phi) is 3.73. The van der Waals surface area contributed by atoms with E-state index >= 15 is 0 Å². The molecule has 0 radical (unpaired) electrons. The lowest BCUT2D eigenvalue weighted by molar-refractivity contribution is 0.412. The Balaban J connectivity index is 1.90. The molecule has 0 fully saturated rings. The molecule has 0 saturated heterocycles. The smallest absolute Gasteiger partial charge is 0.144 e. The molecule has 1 aliphatic heterocycles. The van der Waals surface area contributed by atoms with Gasteiger partial charge in [0.1, 0.15) is 5.75 Å². The Labute approximate surface area is 151 Å². The Morgan fingerprint density at radius 2 is 2.04 bits per heavy atom. The zero-order valence-corrected chi connectivity index (χ0v) is 15.9. The van der Waals surface area contributed by atoms with Crippen molar-refractivity contribution in [1.29, 1.82) is 0 Å². The molecule has 3 aromatic heterocycles. The Morgan fingerprint density at radius 3 is 2.71 bits per heavy atom. The fraction of sp³-hybridized carbons (Fsp3) is 0.167. The summed E-state index contributed by atoms with van der Waals surface area (Å²) in [6.07, 6.45) is 4.18. The maximum atomic E-state index is 5.53. The summed E-state index contributed by atoms with van der Waals surface area (Å²) in [7, 11) is 1.69. The molecule has 6 heteroatoms. The highest BCUT2D eigenvalue weighted by molar-refractivity contribution is 9.11. The number of nitrogens with one attached hydrogen (secondary N) is 2. The number of aromatic amines is 2. The summed E-state index contributed by atoms with van der Waals surface area (Å²) in [5, 5.41) is 2.90. The molecule has 0 unspecified atom stereocenters. The van der Waals surface area contributed by atoms with Crippen molar-refractivity contribution in [1.82, 2.24) is 9.97 Å². The van der Waals surface area contributed by atoms with Gasteiger partial charge < -0.3 is 14.7 Å². The van der Waals surface area contributed by atoms with Crippen molar-refractivity contribution in [3.8, 4) is 5.75 Å². The monoisotopic (exact) mass is 401 g/mol. The molecule has 0 aromatic carbocycles. The second-order valence-electron chi connectivity index (χ2n) is 5.80. The second kappa shape index (κ2) is 5.79. The normalized spacial score (nSPS) is 16.1. The van der Waals surface area contributed by atoms with E-state index in [1.165, 1.54) is 10.1 Å². The third-order valence-corrected chi connectivity index (χ3v) is 5.58. The molecule has 2 N–H and O–H groups in total. The van der Waals surface area contributed by atoms with Crippen LogP contribution in [-0.4, -0.2) is 17.1 Å². The molecular weight excluding hydrogens is 386 g/mol. The van der Waals surface area contributed by atoms with Gasteiger partial charge in [0, 0.05) is 17.5 Å². The quantitative estimate of drug-likeness (QED) is 0.676. The van der Waals surface area contributed by atoms with Gasteiger partial charge in [-0.05, 0) is 59.6 Å². The summed E-state index contributed by atoms with van der Waals surface area (Å²) in [5.74, 6) is 0.809. The third kappa shape index (κ3) is 2.65. The van der Waals surface area contributed by atoms with Gasteiger partial charge in [-0.25, -0.2) is 4.99 Å². The number of methoxy groups -OCH3 is 1. The topological polar surface area (TPSA) is 53.2 Å². The molecule has 1 aliphatic rings. The van der Waals surface area contributed by atoms with Crippen LogP contribution in [0.5, 0.6) is 5.75 Å². The van der Waals surface area contributed by atoms with Crippen molar-refractivity contribution in [3.05, 3.63) is 59.5 Å². The number of H-pyrrole nitrogens is 2. The van der Waals surface area contributed by atoms with E-state index in [1.54, 1.807) is 18.4 Å². The number of ether oxygens (including phenoxy) is 1. The minimum absolute atomic E-state index is 0.809. The van der Waals surface area contributed by atoms with Crippen LogP contribution in [0.25, 0.3) is 17.8 Å². The van der Waals surface area contributed by atoms with Crippen LogP contribution in [0.4, 0.5) is 0 Å². The average Bonchev–Trinajstić information content (AvgIpc) is 3.23. The average molecular weight is 402 g/mol. The van der Waals surface area contributed by atoms with Gasteiger partial charge in [-0.1, -0.05) is 0 Å². The zero-order valence-electron chi connectivity index (χ0n) is 13.5. The Hall–Kier alpha value is -2.05. The van der Waals surface area contributed by atoms with Crippen molar-refractivity contribution >= 4 is 45.1 Å². The standard InChI is InChI=1S/C18H16BrN3OS/c1-9-4-10(2)20-11(9)5-14-16(23-3)6-12(21-14)13-7-17-15(22-13)8-18(19)24-17/h4-8,20-21H,1-3H3/b13-12?,14-5-. The maximum absolute atomic E-state index is 5.53. The molecule has 24 heavy (non-hydrogen) atoms. The Morgan fingerprint density at radius 1 is 1.21 bits per heavy atom. The van der Waals surface area contributed by atoms with Gasteiger partial charge in [0.05, 0.1) is 37.2 Å². The lowest BCUT2D eigenvalue weighted by Crippen LogP contribution is -2.12. The van der Waals surface area contributed by atoms with Crippen LogP contribution in [0.3, 0.4) is 0 Å². The second-order valence-corrected chi connectivity index (χ2v) is 8.26. The molecule has 0 saturated carbocycles. The summed E-state index contributed by atoms with van der Waals surface area (Å²) < 4.78 is 7.80. The predicted molar refractivity (Wildman–Crippen MR) is 101 cm³/mol. The molecule has 122 valence electrons. The van der Waals surface area contributed by atoms with Crippen LogP contribution in [-0.2, 0) is 0 Å². The van der Waals surface area contributed by atoms with Crippen molar-refractivity contribution in [2.75, 3.05) is 7.11 Å². The largest absolute Gasteiger partial charge is 0.494 e. The van der Waals surface area contributed by atoms with Crippen LogP contribution in [0.2, 0.25) is 0 Å². The van der Waals surface area contributed by atoms with Crippen LogP contribution in [0.15, 0.2) is 27.0 Å². The van der Waals surface area contributed by atoms with Crippen LogP contribution < -0.4 is 25.3 Å². The maximum Gasteiger partial charge on any atom is 0.144 e. The minimum atomic E-state index is 0.809. The van der Waals surface area contributed by atoms with E-state index in [0.29, 0.717) is 0 Å². The van der Waals surface area contributed by atoms with Crippen molar-refractivity contribution in [2.45, 2.75) is 13.8 Å². The highest BCUT2D eigenvalue weighted by Gasteiger charge is 2.08. The van der Waals surface area contributed by atoms with Crippen molar-refractivity contribution in [3.63, 3.8) is 0 Å². The molecule has 0 atom stereocenters. The molecule has 3 aromatic rings. The first-order valence-electron chi connectivity index (χ1n) is 7.54. The number of aryl methyl sites for hydroxylation is 2. The molecule has 0 aliphatic carbocycles. The SMILES string of the molecule is COc1cc(=C2C=c3sc(Br)cc3=N2)[nH]/c1=C\c1[nH]c(C)cc1C. The first-order valence-corrected chi connectivity index (χ1v) is 9.15. The molecule has 4 rings (SSSR count). The molecule has 4 nitrogen and oxygen atoms in total. The number of nitrogens with zero attached hydrogens (tertiary/aromatic N) is 1. The summed E-state index contributed by atoms with van der Waals surface area (Å²) in [4.78, 5) is 11.5. The van der Waals surface area contributed by atoms with E-state index in [4.69, 9.17) is 9.73 Å². The van der Waals surface area contributed by atoms with E-state index in [9.17, 15) is 0 Å². The molecule has 0 spiro atoms. The number of fused-ring (bicyclic) bond motifs is 1. The fourth-order valence-corrected chi connectivity index (χ4v) is 4.39. The number of thiophene rings is 1. The highest BCUT2D eigenvalue weighted by atomic mass is 79.9. The van der Waals surface area contributed by atoms with E-state index in [0.717, 1.165) is 42.7 Å². The van der Waals surface area contributed by atoms with E-state index in [1.807, 2.05) is 12.1 Å². The van der Waals surface area contributed by atoms with Gasteiger partial charge in [-0.2, -0.15) is 0 Å². The summed E-state index contributed by atoms with van der Waals surface area (Å²) in [6.45, 7) is 4.15. The van der Waals surface area contributed by atoms with Gasteiger partial charge in [-0.15, -0.1) is 11.3 Å². The van der Waals surface area contributed by atoms with E-state index < -0.39 is 0 Å². The molecule has 4 heterocycles. The van der Waals surface area contributed by atoms with Crippen LogP contribution >= 0.6 is 27.3 Å². The van der Waals surface area contributed by atoms with Gasteiger partial charge in [0.25, 0.3) is 0 Å². The Bertz CT molecular complexity index is 1140. The molecule has 0 amide bonds. The van der Waals surface area contributed by atoms with Crippen LogP contribution in [0, 0.1) is 13.8 Å². The van der Waals surface area contributed by atoms with Gasteiger partial charge in [0.15, 0.2) is 0 Å². The van der Waals surface area contributed by atoms with E-state index in [2.05, 4.69) is 58.0 Å². The van der Waals surface area contributed by atoms with Gasteiger partial charge >= 0.3 is 0 Å². The number of hydrogen-bond acceptors (Lipinski definition) is 3. The zero-order chi connectivity index (χ0) is 16.8. The van der Waals surface area contributed by atoms with Gasteiger partial charge in [0.2, 0.25) is 0 Å². The van der Waals surface area contributed by atoms with Crippen LogP contribution in [0.1, 0.15) is 17.0 Å². The predicted octanol–water partition coefficient (Wildman–Crippen LogP) is 1.84. The summed E-state index contributed by atoms with van der Waals surface area (Å²) in [5.41, 5.74) is 4.37. The number of halogens is 1. The van der Waals surface area contributed by atoms with Crippen molar-refractivity contribution < 1.29 is 4.74 Å². The molecular formula is C18H16BrN3OS. The highest BCUT2D eigenvalue weighted by Crippen LogP contribution is 2.13. The van der Waals surface area contributed by atoms with Crippen molar-refractivity contribution in [2.24, 2.45) is 4.99 Å². The number of aromatic nitrogens is 2. The van der Waals surface area contributed by atoms with Gasteiger partial charge in [-0.3, -0.25) is 0 Å². The summed E-state index contributed by atoms with van der Waals surface area (Å²) in [6, 6.07) is 6.17. The van der Waals surface area contributed by atoms with E-state index in [-0.39, 0.29) is 0 Å². The number of rotatable bonds is 2. The lowest BCUT2D eigenvalue weighted by atomic mass is 10.2. The summed E-state index contributed by atoms with van der Waals surface area (Å²) >= 11 is 5.19. The molecule has 0 bridgehead atoms. The minimum Gasteiger partial charge on any atom is -0.494 e. The first kappa shape index (κ1) is 15.5. The fourth-order valence-electron chi connectivity index (χ4n) is 2.89. The number of hydrogen-bond donors (Lipinski definition) is 2.